The maximum absolute atomic E-state index is 12.5. The first-order valence-corrected chi connectivity index (χ1v) is 8.41. The Morgan fingerprint density at radius 3 is 2.40 bits per heavy atom. The third-order valence-corrected chi connectivity index (χ3v) is 5.39. The van der Waals surface area contributed by atoms with Crippen molar-refractivity contribution in [3.05, 3.63) is 24.3 Å². The normalized spacial score (nSPS) is 20.5. The zero-order valence-corrected chi connectivity index (χ0v) is 13.1. The highest BCUT2D eigenvalue weighted by Crippen LogP contribution is 2.22. The van der Waals surface area contributed by atoms with E-state index in [0.717, 1.165) is 12.1 Å². The van der Waals surface area contributed by atoms with Crippen molar-refractivity contribution < 1.29 is 8.42 Å². The van der Waals surface area contributed by atoms with Crippen LogP contribution in [0.25, 0.3) is 0 Å². The summed E-state index contributed by atoms with van der Waals surface area (Å²) in [7, 11) is -1.49. The predicted molar refractivity (Wildman–Crippen MR) is 81.4 cm³/mol. The van der Waals surface area contributed by atoms with Crippen LogP contribution in [0.3, 0.4) is 0 Å². The highest BCUT2D eigenvalue weighted by molar-refractivity contribution is 7.89. The summed E-state index contributed by atoms with van der Waals surface area (Å²) < 4.78 is 26.6. The maximum atomic E-state index is 12.5. The third kappa shape index (κ3) is 3.31. The molecule has 1 unspecified atom stereocenters. The molecule has 2 rings (SSSR count). The van der Waals surface area contributed by atoms with Crippen LogP contribution in [0.5, 0.6) is 0 Å². The Kier molecular flexibility index (Phi) is 4.67. The van der Waals surface area contributed by atoms with Crippen molar-refractivity contribution >= 4 is 15.7 Å². The standard InChI is InChI=1S/C14H23N3O2S/c1-11(2)16-12-4-6-14(7-5-12)20(18,19)17-9-8-13(10-17)15-3/h4-7,11,13,15-16H,8-10H2,1-3H3. The van der Waals surface area contributed by atoms with Crippen LogP contribution >= 0.6 is 0 Å². The lowest BCUT2D eigenvalue weighted by atomic mass is 10.3. The maximum Gasteiger partial charge on any atom is 0.243 e. The van der Waals surface area contributed by atoms with Gasteiger partial charge in [-0.05, 0) is 51.6 Å². The van der Waals surface area contributed by atoms with E-state index in [2.05, 4.69) is 10.6 Å². The molecule has 0 aliphatic carbocycles. The lowest BCUT2D eigenvalue weighted by Crippen LogP contribution is -2.33. The van der Waals surface area contributed by atoms with Gasteiger partial charge < -0.3 is 10.6 Å². The summed E-state index contributed by atoms with van der Waals surface area (Å²) in [5.74, 6) is 0. The second-order valence-corrected chi connectivity index (χ2v) is 7.40. The monoisotopic (exact) mass is 297 g/mol. The van der Waals surface area contributed by atoms with Crippen LogP contribution in [0.2, 0.25) is 0 Å². The number of rotatable bonds is 5. The molecule has 0 spiro atoms. The van der Waals surface area contributed by atoms with Crippen LogP contribution in [0.15, 0.2) is 29.2 Å². The molecule has 0 saturated carbocycles. The molecule has 1 aliphatic rings. The second-order valence-electron chi connectivity index (χ2n) is 5.46. The summed E-state index contributed by atoms with van der Waals surface area (Å²) in [6.07, 6.45) is 0.864. The molecule has 1 saturated heterocycles. The molecule has 0 radical (unpaired) electrons. The van der Waals surface area contributed by atoms with Gasteiger partial charge in [0.25, 0.3) is 0 Å². The molecule has 20 heavy (non-hydrogen) atoms. The highest BCUT2D eigenvalue weighted by Gasteiger charge is 2.31. The summed E-state index contributed by atoms with van der Waals surface area (Å²) in [4.78, 5) is 0.364. The fourth-order valence-electron chi connectivity index (χ4n) is 2.39. The van der Waals surface area contributed by atoms with Crippen LogP contribution < -0.4 is 10.6 Å². The summed E-state index contributed by atoms with van der Waals surface area (Å²) in [5.41, 5.74) is 0.938. The predicted octanol–water partition coefficient (Wildman–Crippen LogP) is 1.49. The number of sulfonamides is 1. The van der Waals surface area contributed by atoms with Crippen LogP contribution in [0.1, 0.15) is 20.3 Å². The van der Waals surface area contributed by atoms with Crippen molar-refractivity contribution in [2.24, 2.45) is 0 Å². The van der Waals surface area contributed by atoms with Crippen LogP contribution in [0.4, 0.5) is 5.69 Å². The Hall–Kier alpha value is -1.11. The van der Waals surface area contributed by atoms with Crippen molar-refractivity contribution in [3.8, 4) is 0 Å². The van der Waals surface area contributed by atoms with E-state index >= 15 is 0 Å². The van der Waals surface area contributed by atoms with Crippen LogP contribution in [0, 0.1) is 0 Å². The van der Waals surface area contributed by atoms with Gasteiger partial charge in [0, 0.05) is 30.9 Å². The molecule has 1 atom stereocenters. The average Bonchev–Trinajstić information content (AvgIpc) is 2.88. The molecule has 0 aromatic heterocycles. The SMILES string of the molecule is CNC1CCN(S(=O)(=O)c2ccc(NC(C)C)cc2)C1. The van der Waals surface area contributed by atoms with Gasteiger partial charge in [-0.3, -0.25) is 0 Å². The van der Waals surface area contributed by atoms with E-state index in [-0.39, 0.29) is 6.04 Å². The lowest BCUT2D eigenvalue weighted by Gasteiger charge is -2.17. The van der Waals surface area contributed by atoms with Crippen molar-refractivity contribution in [1.29, 1.82) is 0 Å². The van der Waals surface area contributed by atoms with Gasteiger partial charge in [0.05, 0.1) is 4.90 Å². The fraction of sp³-hybridized carbons (Fsp3) is 0.571. The van der Waals surface area contributed by atoms with Gasteiger partial charge in [-0.2, -0.15) is 4.31 Å². The summed E-state index contributed by atoms with van der Waals surface area (Å²) in [6, 6.07) is 7.57. The zero-order valence-electron chi connectivity index (χ0n) is 12.3. The minimum absolute atomic E-state index is 0.256. The Balaban J connectivity index is 2.14. The number of nitrogens with one attached hydrogen (secondary N) is 2. The first-order chi connectivity index (χ1) is 9.43. The van der Waals surface area contributed by atoms with Crippen molar-refractivity contribution in [3.63, 3.8) is 0 Å². The van der Waals surface area contributed by atoms with Gasteiger partial charge in [0.1, 0.15) is 0 Å². The van der Waals surface area contributed by atoms with E-state index in [4.69, 9.17) is 0 Å². The zero-order chi connectivity index (χ0) is 14.8. The van der Waals surface area contributed by atoms with E-state index in [1.807, 2.05) is 33.0 Å². The van der Waals surface area contributed by atoms with E-state index < -0.39 is 10.0 Å². The minimum atomic E-state index is -3.36. The molecule has 6 heteroatoms. The smallest absolute Gasteiger partial charge is 0.243 e. The van der Waals surface area contributed by atoms with Gasteiger partial charge in [0.2, 0.25) is 10.0 Å². The molecule has 112 valence electrons. The third-order valence-electron chi connectivity index (χ3n) is 3.51. The topological polar surface area (TPSA) is 61.4 Å². The van der Waals surface area contributed by atoms with Gasteiger partial charge in [-0.1, -0.05) is 0 Å². The first-order valence-electron chi connectivity index (χ1n) is 6.97. The lowest BCUT2D eigenvalue weighted by molar-refractivity contribution is 0.464. The van der Waals surface area contributed by atoms with Crippen LogP contribution in [-0.4, -0.2) is 44.9 Å². The molecule has 1 fully saturated rings. The molecule has 5 nitrogen and oxygen atoms in total. The number of hydrogen-bond donors (Lipinski definition) is 2. The molecular formula is C14H23N3O2S. The Labute approximate surface area is 121 Å². The molecule has 0 bridgehead atoms. The molecule has 1 aromatic carbocycles. The van der Waals surface area contributed by atoms with E-state index in [0.29, 0.717) is 24.0 Å². The number of benzene rings is 1. The number of anilines is 1. The molecule has 0 amide bonds. The van der Waals surface area contributed by atoms with E-state index in [9.17, 15) is 8.42 Å². The van der Waals surface area contributed by atoms with Gasteiger partial charge in [-0.15, -0.1) is 0 Å². The fourth-order valence-corrected chi connectivity index (χ4v) is 3.89. The second kappa shape index (κ2) is 6.11. The molecule has 1 heterocycles. The summed E-state index contributed by atoms with van der Waals surface area (Å²) >= 11 is 0. The van der Waals surface area contributed by atoms with Gasteiger partial charge in [-0.25, -0.2) is 8.42 Å². The Morgan fingerprint density at radius 1 is 1.25 bits per heavy atom. The molecule has 2 N–H and O–H groups in total. The average molecular weight is 297 g/mol. The van der Waals surface area contributed by atoms with Gasteiger partial charge in [0.15, 0.2) is 0 Å². The highest BCUT2D eigenvalue weighted by atomic mass is 32.2. The summed E-state index contributed by atoms with van der Waals surface area (Å²) in [5, 5.41) is 6.38. The summed E-state index contributed by atoms with van der Waals surface area (Å²) in [6.45, 7) is 5.23. The molecular weight excluding hydrogens is 274 g/mol. The largest absolute Gasteiger partial charge is 0.383 e. The number of likely N-dealkylation sites (N-methyl/N-ethyl adjacent to an activating group) is 1. The molecule has 1 aromatic rings. The van der Waals surface area contributed by atoms with Crippen molar-refractivity contribution in [2.45, 2.75) is 37.2 Å². The number of nitrogens with zero attached hydrogens (tertiary/aromatic N) is 1. The Morgan fingerprint density at radius 2 is 1.90 bits per heavy atom. The van der Waals surface area contributed by atoms with E-state index in [1.165, 1.54) is 0 Å². The van der Waals surface area contributed by atoms with Gasteiger partial charge >= 0.3 is 0 Å². The van der Waals surface area contributed by atoms with E-state index in [1.54, 1.807) is 16.4 Å². The molecule has 1 aliphatic heterocycles. The Bertz CT molecular complexity index is 540. The quantitative estimate of drug-likeness (QED) is 0.864. The number of hydrogen-bond acceptors (Lipinski definition) is 4. The minimum Gasteiger partial charge on any atom is -0.383 e. The van der Waals surface area contributed by atoms with Crippen molar-refractivity contribution in [1.82, 2.24) is 9.62 Å². The first kappa shape index (κ1) is 15.3. The van der Waals surface area contributed by atoms with Crippen molar-refractivity contribution in [2.75, 3.05) is 25.5 Å². The van der Waals surface area contributed by atoms with Crippen LogP contribution in [-0.2, 0) is 10.0 Å².